The number of fused-ring (bicyclic) bond motifs is 2. The number of tetrazole rings is 2. The summed E-state index contributed by atoms with van der Waals surface area (Å²) in [7, 11) is 0. The fourth-order valence-electron chi connectivity index (χ4n) is 10.1. The molecule has 2 N–H and O–H groups in total. The van der Waals surface area contributed by atoms with Gasteiger partial charge in [0.25, 0.3) is 0 Å². The SMILES string of the molecule is Cc1ccc(C)c(C2=CC3(CCN(c4ncc(-c5nnn(CC(=O)O)n5)s4)CC3)Oc3c2cccc3-c2cc(Cl)cc(C3=CC4(CCN(c5nnc(-c6nnn(CC(=O)O)n6)s5)CC4)Oc4ccccc43)c2)c1. The Balaban J connectivity index is 0.849. The molecule has 73 heavy (non-hydrogen) atoms. The van der Waals surface area contributed by atoms with Crippen LogP contribution >= 0.6 is 34.3 Å². The number of carboxylic acids is 2. The monoisotopic (exact) mass is 1030 g/mol. The Morgan fingerprint density at radius 3 is 2.05 bits per heavy atom. The van der Waals surface area contributed by atoms with Crippen molar-refractivity contribution in [1.82, 2.24) is 55.6 Å². The molecule has 368 valence electrons. The molecule has 2 spiro atoms. The maximum Gasteiger partial charge on any atom is 0.327 e. The maximum absolute atomic E-state index is 11.2. The molecule has 12 rings (SSSR count). The highest BCUT2D eigenvalue weighted by Gasteiger charge is 2.42. The molecule has 2 saturated heterocycles. The molecule has 4 aromatic heterocycles. The van der Waals surface area contributed by atoms with Crippen LogP contribution in [-0.2, 0) is 22.7 Å². The fraction of sp³-hybridized carbons (Fsp3) is 0.275. The average molecular weight is 1030 g/mol. The third-order valence-electron chi connectivity index (χ3n) is 13.7. The van der Waals surface area contributed by atoms with E-state index in [-0.39, 0.29) is 12.4 Å². The van der Waals surface area contributed by atoms with Crippen molar-refractivity contribution >= 4 is 67.6 Å². The Morgan fingerprint density at radius 1 is 0.658 bits per heavy atom. The summed E-state index contributed by atoms with van der Waals surface area (Å²) in [6.07, 6.45) is 9.04. The van der Waals surface area contributed by atoms with Crippen molar-refractivity contribution in [3.8, 4) is 44.2 Å². The topological polar surface area (TPSA) is 225 Å². The molecule has 8 aromatic rings. The van der Waals surface area contributed by atoms with Crippen molar-refractivity contribution in [2.75, 3.05) is 36.0 Å². The summed E-state index contributed by atoms with van der Waals surface area (Å²) in [6.45, 7) is 6.15. The number of thiazole rings is 1. The molecular weight excluding hydrogens is 990 g/mol. The summed E-state index contributed by atoms with van der Waals surface area (Å²) in [5, 5.41) is 53.8. The molecule has 2 fully saturated rings. The van der Waals surface area contributed by atoms with Crippen LogP contribution in [0.15, 0.2) is 97.2 Å². The van der Waals surface area contributed by atoms with Crippen LogP contribution in [0.1, 0.15) is 59.1 Å². The Hall–Kier alpha value is -7.88. The Labute approximate surface area is 430 Å². The molecule has 0 radical (unpaired) electrons. The average Bonchev–Trinajstić information content (AvgIpc) is 4.23. The predicted octanol–water partition coefficient (Wildman–Crippen LogP) is 8.13. The second kappa shape index (κ2) is 18.3. The van der Waals surface area contributed by atoms with Gasteiger partial charge in [0.1, 0.15) is 22.7 Å². The number of hydrogen-bond donors (Lipinski definition) is 2. The Morgan fingerprint density at radius 2 is 1.30 bits per heavy atom. The third-order valence-corrected chi connectivity index (χ3v) is 15.9. The summed E-state index contributed by atoms with van der Waals surface area (Å²) in [5.41, 5.74) is 9.24. The van der Waals surface area contributed by atoms with Crippen LogP contribution in [-0.4, -0.2) is 115 Å². The highest BCUT2D eigenvalue weighted by atomic mass is 35.5. The van der Waals surface area contributed by atoms with Gasteiger partial charge in [-0.3, -0.25) is 9.59 Å². The first kappa shape index (κ1) is 46.2. The van der Waals surface area contributed by atoms with Gasteiger partial charge in [0.05, 0.1) is 11.1 Å². The van der Waals surface area contributed by atoms with Crippen LogP contribution < -0.4 is 19.3 Å². The minimum absolute atomic E-state index is 0.226. The van der Waals surface area contributed by atoms with E-state index in [0.717, 1.165) is 70.8 Å². The summed E-state index contributed by atoms with van der Waals surface area (Å²) < 4.78 is 14.3. The zero-order chi connectivity index (χ0) is 50.0. The first-order valence-electron chi connectivity index (χ1n) is 23.6. The molecule has 0 unspecified atom stereocenters. The standard InChI is InChI=1S/C51H44ClN13O6S2/c1-29-10-11-30(2)37(20-29)39-25-51(14-16-62(17-15-51)48-53-26-41(72-48)45-54-60-64(58-45)27-42(66)67)71-44-34(7-5-8-36(39)44)31-21-32(23-33(52)22-31)38-24-50(70-40-9-4-3-6-35(38)40)12-18-63(19-13-50)49-57-56-47(73-49)46-55-61-65(59-46)28-43(68)69/h3-11,20-26H,12-19,27-28H2,1-2H3,(H,66,67)(H,68,69). The van der Waals surface area contributed by atoms with E-state index >= 15 is 0 Å². The molecular formula is C51H44ClN13O6S2. The van der Waals surface area contributed by atoms with Crippen molar-refractivity contribution in [3.63, 3.8) is 0 Å². The van der Waals surface area contributed by atoms with Crippen LogP contribution in [0.25, 0.3) is 43.8 Å². The molecule has 0 amide bonds. The van der Waals surface area contributed by atoms with Crippen LogP contribution in [0.3, 0.4) is 0 Å². The van der Waals surface area contributed by atoms with Gasteiger partial charge >= 0.3 is 11.9 Å². The molecule has 8 heterocycles. The lowest BCUT2D eigenvalue weighted by Gasteiger charge is -2.44. The van der Waals surface area contributed by atoms with Crippen LogP contribution in [0.2, 0.25) is 5.02 Å². The number of ether oxygens (including phenoxy) is 2. The van der Waals surface area contributed by atoms with Gasteiger partial charge in [-0.05, 0) is 94.1 Å². The lowest BCUT2D eigenvalue weighted by atomic mass is 9.80. The molecule has 0 atom stereocenters. The fourth-order valence-corrected chi connectivity index (χ4v) is 12.0. The van der Waals surface area contributed by atoms with E-state index in [4.69, 9.17) is 31.2 Å². The lowest BCUT2D eigenvalue weighted by molar-refractivity contribution is -0.139. The number of carbonyl (C=O) groups is 2. The highest BCUT2D eigenvalue weighted by molar-refractivity contribution is 7.19. The quantitative estimate of drug-likeness (QED) is 0.125. The summed E-state index contributed by atoms with van der Waals surface area (Å²) in [4.78, 5) is 34.3. The van der Waals surface area contributed by atoms with Crippen LogP contribution in [0.4, 0.5) is 10.3 Å². The van der Waals surface area contributed by atoms with E-state index in [0.29, 0.717) is 77.7 Å². The van der Waals surface area contributed by atoms with Gasteiger partial charge in [-0.2, -0.15) is 9.59 Å². The second-order valence-electron chi connectivity index (χ2n) is 18.6. The molecule has 19 nitrogen and oxygen atoms in total. The number of nitrogens with zero attached hydrogens (tertiary/aromatic N) is 13. The molecule has 22 heteroatoms. The molecule has 4 aromatic carbocycles. The highest BCUT2D eigenvalue weighted by Crippen LogP contribution is 2.51. The van der Waals surface area contributed by atoms with E-state index in [1.165, 1.54) is 33.8 Å². The Kier molecular flexibility index (Phi) is 11.6. The smallest absolute Gasteiger partial charge is 0.327 e. The number of carboxylic acid groups (broad SMARTS) is 2. The molecule has 4 aliphatic rings. The number of piperidine rings is 2. The van der Waals surface area contributed by atoms with Crippen LogP contribution in [0.5, 0.6) is 11.5 Å². The van der Waals surface area contributed by atoms with Crippen molar-refractivity contribution in [1.29, 1.82) is 0 Å². The van der Waals surface area contributed by atoms with E-state index < -0.39 is 29.7 Å². The van der Waals surface area contributed by atoms with E-state index in [1.54, 1.807) is 6.20 Å². The number of rotatable bonds is 11. The number of halogens is 1. The van der Waals surface area contributed by atoms with Gasteiger partial charge < -0.3 is 29.5 Å². The largest absolute Gasteiger partial charge is 0.482 e. The van der Waals surface area contributed by atoms with E-state index in [2.05, 4.69) is 125 Å². The van der Waals surface area contributed by atoms with Crippen LogP contribution in [0, 0.1) is 13.8 Å². The first-order valence-corrected chi connectivity index (χ1v) is 25.6. The lowest BCUT2D eigenvalue weighted by Crippen LogP contribution is -2.48. The molecule has 4 aliphatic heterocycles. The van der Waals surface area contributed by atoms with Gasteiger partial charge in [-0.25, -0.2) is 4.98 Å². The van der Waals surface area contributed by atoms with Gasteiger partial charge in [0.2, 0.25) is 16.8 Å². The van der Waals surface area contributed by atoms with Gasteiger partial charge in [0, 0.05) is 73.6 Å². The Bertz CT molecular complexity index is 3550. The van der Waals surface area contributed by atoms with Gasteiger partial charge in [0.15, 0.2) is 23.2 Å². The number of aliphatic carboxylic acids is 2. The number of para-hydroxylation sites is 2. The summed E-state index contributed by atoms with van der Waals surface area (Å²) in [6, 6.07) is 27.4. The van der Waals surface area contributed by atoms with Gasteiger partial charge in [-0.1, -0.05) is 94.4 Å². The van der Waals surface area contributed by atoms with E-state index in [1.807, 2.05) is 30.3 Å². The maximum atomic E-state index is 11.2. The van der Waals surface area contributed by atoms with Crippen molar-refractivity contribution < 1.29 is 29.3 Å². The van der Waals surface area contributed by atoms with Crippen molar-refractivity contribution in [2.24, 2.45) is 0 Å². The molecule has 0 aliphatic carbocycles. The number of aryl methyl sites for hydroxylation is 2. The zero-order valence-corrected chi connectivity index (χ0v) is 41.7. The number of benzene rings is 4. The summed E-state index contributed by atoms with van der Waals surface area (Å²) >= 11 is 9.97. The minimum atomic E-state index is -1.07. The minimum Gasteiger partial charge on any atom is -0.482 e. The predicted molar refractivity (Wildman–Crippen MR) is 274 cm³/mol. The normalized spacial score (nSPS) is 16.6. The molecule has 0 saturated carbocycles. The number of anilines is 2. The third kappa shape index (κ3) is 8.97. The van der Waals surface area contributed by atoms with E-state index in [9.17, 15) is 14.7 Å². The summed E-state index contributed by atoms with van der Waals surface area (Å²) in [5.74, 6) is 0.0541. The van der Waals surface area contributed by atoms with Crippen molar-refractivity contribution in [2.45, 2.75) is 63.8 Å². The number of aromatic nitrogens is 11. The molecule has 0 bridgehead atoms. The van der Waals surface area contributed by atoms with Crippen molar-refractivity contribution in [3.05, 3.63) is 136 Å². The zero-order valence-electron chi connectivity index (χ0n) is 39.3. The number of hydrogen-bond acceptors (Lipinski definition) is 17. The second-order valence-corrected chi connectivity index (χ2v) is 21.0. The first-order chi connectivity index (χ1) is 35.3. The van der Waals surface area contributed by atoms with Gasteiger partial charge in [-0.15, -0.1) is 30.6 Å².